The number of rotatable bonds is 2. The van der Waals surface area contributed by atoms with Gasteiger partial charge in [0, 0.05) is 19.3 Å². The molecule has 4 heteroatoms. The van der Waals surface area contributed by atoms with Crippen molar-refractivity contribution in [3.05, 3.63) is 54.0 Å². The first kappa shape index (κ1) is 11.8. The Kier molecular flexibility index (Phi) is 2.99. The molecular formula is C15H16N2O2. The summed E-state index contributed by atoms with van der Waals surface area (Å²) in [4.78, 5) is 14.3. The van der Waals surface area contributed by atoms with Crippen LogP contribution < -0.4 is 10.2 Å². The Hall–Kier alpha value is -2.23. The van der Waals surface area contributed by atoms with Gasteiger partial charge in [-0.15, -0.1) is 0 Å². The standard InChI is InChI=1S/C15H16N2O2/c1-17-9-8-12(11-5-2-3-6-13(11)17)16-15(18)14-7-4-10-19-14/h2-7,10,12H,8-9H2,1H3,(H,16,18). The van der Waals surface area contributed by atoms with Crippen molar-refractivity contribution >= 4 is 11.6 Å². The number of amides is 1. The Morgan fingerprint density at radius 3 is 2.95 bits per heavy atom. The number of benzene rings is 1. The average Bonchev–Trinajstić information content (AvgIpc) is 2.96. The second-order valence-electron chi connectivity index (χ2n) is 4.77. The van der Waals surface area contributed by atoms with E-state index in [0.29, 0.717) is 5.76 Å². The molecule has 19 heavy (non-hydrogen) atoms. The van der Waals surface area contributed by atoms with Gasteiger partial charge < -0.3 is 14.6 Å². The lowest BCUT2D eigenvalue weighted by Crippen LogP contribution is -2.36. The summed E-state index contributed by atoms with van der Waals surface area (Å²) in [5, 5.41) is 3.04. The van der Waals surface area contributed by atoms with Crippen LogP contribution in [-0.2, 0) is 0 Å². The molecule has 3 rings (SSSR count). The number of hydrogen-bond acceptors (Lipinski definition) is 3. The number of para-hydroxylation sites is 1. The highest BCUT2D eigenvalue weighted by atomic mass is 16.3. The van der Waals surface area contributed by atoms with Gasteiger partial charge in [0.15, 0.2) is 5.76 Å². The van der Waals surface area contributed by atoms with E-state index in [0.717, 1.165) is 18.5 Å². The van der Waals surface area contributed by atoms with E-state index in [1.807, 2.05) is 12.1 Å². The summed E-state index contributed by atoms with van der Waals surface area (Å²) in [6.45, 7) is 0.931. The molecule has 1 aromatic carbocycles. The summed E-state index contributed by atoms with van der Waals surface area (Å²) in [5.41, 5.74) is 2.34. The number of hydrogen-bond donors (Lipinski definition) is 1. The van der Waals surface area contributed by atoms with Crippen molar-refractivity contribution in [1.82, 2.24) is 5.32 Å². The van der Waals surface area contributed by atoms with Gasteiger partial charge in [0.1, 0.15) is 0 Å². The first-order valence-electron chi connectivity index (χ1n) is 6.40. The molecule has 1 unspecified atom stereocenters. The molecule has 0 radical (unpaired) electrons. The monoisotopic (exact) mass is 256 g/mol. The van der Waals surface area contributed by atoms with Crippen LogP contribution in [-0.4, -0.2) is 19.5 Å². The maximum absolute atomic E-state index is 12.0. The number of fused-ring (bicyclic) bond motifs is 1. The topological polar surface area (TPSA) is 45.5 Å². The third-order valence-corrected chi connectivity index (χ3v) is 3.53. The van der Waals surface area contributed by atoms with E-state index in [1.54, 1.807) is 12.1 Å². The van der Waals surface area contributed by atoms with E-state index >= 15 is 0 Å². The molecular weight excluding hydrogens is 240 g/mol. The van der Waals surface area contributed by atoms with Crippen molar-refractivity contribution in [2.75, 3.05) is 18.5 Å². The predicted octanol–water partition coefficient (Wildman–Crippen LogP) is 2.59. The molecule has 2 heterocycles. The Labute approximate surface area is 112 Å². The maximum Gasteiger partial charge on any atom is 0.287 e. The van der Waals surface area contributed by atoms with Crippen LogP contribution in [0.25, 0.3) is 0 Å². The van der Waals surface area contributed by atoms with E-state index < -0.39 is 0 Å². The number of carbonyl (C=O) groups excluding carboxylic acids is 1. The third kappa shape index (κ3) is 2.21. The summed E-state index contributed by atoms with van der Waals surface area (Å²) in [6.07, 6.45) is 2.41. The van der Waals surface area contributed by atoms with E-state index in [4.69, 9.17) is 4.42 Å². The molecule has 1 N–H and O–H groups in total. The second-order valence-corrected chi connectivity index (χ2v) is 4.77. The van der Waals surface area contributed by atoms with Crippen LogP contribution in [0.5, 0.6) is 0 Å². The number of nitrogens with zero attached hydrogens (tertiary/aromatic N) is 1. The zero-order valence-electron chi connectivity index (χ0n) is 10.8. The van der Waals surface area contributed by atoms with Gasteiger partial charge in [0.05, 0.1) is 12.3 Å². The van der Waals surface area contributed by atoms with Crippen molar-refractivity contribution in [3.63, 3.8) is 0 Å². The lowest BCUT2D eigenvalue weighted by atomic mass is 9.96. The summed E-state index contributed by atoms with van der Waals surface area (Å²) < 4.78 is 5.12. The van der Waals surface area contributed by atoms with Crippen molar-refractivity contribution in [1.29, 1.82) is 0 Å². The van der Waals surface area contributed by atoms with Gasteiger partial charge in [-0.3, -0.25) is 4.79 Å². The maximum atomic E-state index is 12.0. The van der Waals surface area contributed by atoms with E-state index in [9.17, 15) is 4.79 Å². The minimum atomic E-state index is -0.158. The number of anilines is 1. The molecule has 0 aliphatic carbocycles. The third-order valence-electron chi connectivity index (χ3n) is 3.53. The molecule has 1 aliphatic rings. The van der Waals surface area contributed by atoms with Crippen molar-refractivity contribution < 1.29 is 9.21 Å². The summed E-state index contributed by atoms with van der Waals surface area (Å²) >= 11 is 0. The number of furan rings is 1. The Morgan fingerprint density at radius 2 is 2.16 bits per heavy atom. The Bertz CT molecular complexity index is 578. The van der Waals surface area contributed by atoms with Gasteiger partial charge in [0.2, 0.25) is 0 Å². The second kappa shape index (κ2) is 4.80. The van der Waals surface area contributed by atoms with E-state index in [-0.39, 0.29) is 11.9 Å². The fourth-order valence-corrected chi connectivity index (χ4v) is 2.52. The van der Waals surface area contributed by atoms with Crippen LogP contribution in [0.3, 0.4) is 0 Å². The molecule has 1 aliphatic heterocycles. The Balaban J connectivity index is 1.83. The lowest BCUT2D eigenvalue weighted by Gasteiger charge is -2.33. The minimum Gasteiger partial charge on any atom is -0.459 e. The van der Waals surface area contributed by atoms with Crippen LogP contribution in [0.1, 0.15) is 28.6 Å². The molecule has 0 fully saturated rings. The van der Waals surface area contributed by atoms with Gasteiger partial charge in [-0.25, -0.2) is 0 Å². The highest BCUT2D eigenvalue weighted by Crippen LogP contribution is 2.32. The minimum absolute atomic E-state index is 0.0463. The highest BCUT2D eigenvalue weighted by molar-refractivity contribution is 5.91. The van der Waals surface area contributed by atoms with Crippen molar-refractivity contribution in [2.24, 2.45) is 0 Å². The zero-order valence-corrected chi connectivity index (χ0v) is 10.8. The average molecular weight is 256 g/mol. The van der Waals surface area contributed by atoms with Gasteiger partial charge >= 0.3 is 0 Å². The summed E-state index contributed by atoms with van der Waals surface area (Å²) in [6, 6.07) is 11.6. The molecule has 1 aromatic heterocycles. The molecule has 0 saturated heterocycles. The lowest BCUT2D eigenvalue weighted by molar-refractivity contribution is 0.0906. The normalized spacial score (nSPS) is 17.9. The molecule has 98 valence electrons. The van der Waals surface area contributed by atoms with Crippen molar-refractivity contribution in [2.45, 2.75) is 12.5 Å². The molecule has 2 aromatic rings. The number of nitrogens with one attached hydrogen (secondary N) is 1. The molecule has 0 spiro atoms. The van der Waals surface area contributed by atoms with Gasteiger partial charge in [0.25, 0.3) is 5.91 Å². The predicted molar refractivity (Wildman–Crippen MR) is 73.2 cm³/mol. The fraction of sp³-hybridized carbons (Fsp3) is 0.267. The first-order chi connectivity index (χ1) is 9.25. The van der Waals surface area contributed by atoms with Crippen LogP contribution >= 0.6 is 0 Å². The summed E-state index contributed by atoms with van der Waals surface area (Å²) in [5.74, 6) is 0.200. The quantitative estimate of drug-likeness (QED) is 0.898. The van der Waals surface area contributed by atoms with Crippen LogP contribution in [0.2, 0.25) is 0 Å². The molecule has 4 nitrogen and oxygen atoms in total. The Morgan fingerprint density at radius 1 is 1.32 bits per heavy atom. The van der Waals surface area contributed by atoms with E-state index in [1.165, 1.54) is 12.0 Å². The van der Waals surface area contributed by atoms with Crippen LogP contribution in [0.15, 0.2) is 47.1 Å². The SMILES string of the molecule is CN1CCC(NC(=O)c2ccco2)c2ccccc21. The van der Waals surface area contributed by atoms with Gasteiger partial charge in [-0.05, 0) is 30.2 Å². The molecule has 0 saturated carbocycles. The summed E-state index contributed by atoms with van der Waals surface area (Å²) in [7, 11) is 2.07. The van der Waals surface area contributed by atoms with E-state index in [2.05, 4.69) is 29.4 Å². The van der Waals surface area contributed by atoms with Crippen LogP contribution in [0, 0.1) is 0 Å². The molecule has 0 bridgehead atoms. The van der Waals surface area contributed by atoms with Gasteiger partial charge in [-0.2, -0.15) is 0 Å². The molecule has 1 amide bonds. The van der Waals surface area contributed by atoms with Crippen molar-refractivity contribution in [3.8, 4) is 0 Å². The smallest absolute Gasteiger partial charge is 0.287 e. The first-order valence-corrected chi connectivity index (χ1v) is 6.40. The number of carbonyl (C=O) groups is 1. The fourth-order valence-electron chi connectivity index (χ4n) is 2.52. The highest BCUT2D eigenvalue weighted by Gasteiger charge is 2.25. The zero-order chi connectivity index (χ0) is 13.2. The largest absolute Gasteiger partial charge is 0.459 e. The van der Waals surface area contributed by atoms with Gasteiger partial charge in [-0.1, -0.05) is 18.2 Å². The van der Waals surface area contributed by atoms with Crippen LogP contribution in [0.4, 0.5) is 5.69 Å². The molecule has 1 atom stereocenters.